The smallest absolute Gasteiger partial charge is 0.237 e. The zero-order valence-electron chi connectivity index (χ0n) is 12.3. The van der Waals surface area contributed by atoms with Crippen molar-refractivity contribution in [3.05, 3.63) is 23.8 Å². The van der Waals surface area contributed by atoms with Gasteiger partial charge >= 0.3 is 0 Å². The van der Waals surface area contributed by atoms with Crippen LogP contribution >= 0.6 is 0 Å². The SMILES string of the molecule is CCC(C)C(C)NC(=O)[C@@H](N)Cc1ccc(O)c(O)c1. The third-order valence-electron chi connectivity index (χ3n) is 3.70. The Labute approximate surface area is 119 Å². The van der Waals surface area contributed by atoms with Gasteiger partial charge in [-0.2, -0.15) is 0 Å². The highest BCUT2D eigenvalue weighted by Gasteiger charge is 2.19. The van der Waals surface area contributed by atoms with Crippen LogP contribution in [-0.4, -0.2) is 28.2 Å². The molecule has 1 amide bonds. The number of benzene rings is 1. The number of carbonyl (C=O) groups excluding carboxylic acids is 1. The van der Waals surface area contributed by atoms with Crippen LogP contribution in [0.3, 0.4) is 0 Å². The van der Waals surface area contributed by atoms with Crippen LogP contribution in [0.1, 0.15) is 32.8 Å². The minimum Gasteiger partial charge on any atom is -0.504 e. The van der Waals surface area contributed by atoms with Crippen LogP contribution in [-0.2, 0) is 11.2 Å². The first kappa shape index (κ1) is 16.3. The maximum Gasteiger partial charge on any atom is 0.237 e. The van der Waals surface area contributed by atoms with E-state index < -0.39 is 6.04 Å². The second-order valence-corrected chi connectivity index (χ2v) is 5.32. The molecule has 0 saturated carbocycles. The number of nitrogens with one attached hydrogen (secondary N) is 1. The molecule has 0 aliphatic rings. The number of carbonyl (C=O) groups is 1. The van der Waals surface area contributed by atoms with Crippen LogP contribution in [0.25, 0.3) is 0 Å². The summed E-state index contributed by atoms with van der Waals surface area (Å²) >= 11 is 0. The fourth-order valence-corrected chi connectivity index (χ4v) is 1.87. The molecule has 5 heteroatoms. The van der Waals surface area contributed by atoms with E-state index in [0.29, 0.717) is 17.9 Å². The van der Waals surface area contributed by atoms with E-state index in [-0.39, 0.29) is 23.4 Å². The first-order chi connectivity index (χ1) is 9.35. The molecule has 1 aromatic carbocycles. The average molecular weight is 280 g/mol. The van der Waals surface area contributed by atoms with Gasteiger partial charge in [0.1, 0.15) is 0 Å². The summed E-state index contributed by atoms with van der Waals surface area (Å²) in [4.78, 5) is 12.0. The number of phenolic OH excluding ortho intramolecular Hbond substituents is 2. The van der Waals surface area contributed by atoms with Crippen molar-refractivity contribution >= 4 is 5.91 Å². The van der Waals surface area contributed by atoms with Crippen molar-refractivity contribution in [2.75, 3.05) is 0 Å². The molecule has 0 fully saturated rings. The zero-order valence-corrected chi connectivity index (χ0v) is 12.3. The quantitative estimate of drug-likeness (QED) is 0.594. The van der Waals surface area contributed by atoms with Crippen LogP contribution in [0, 0.1) is 5.92 Å². The van der Waals surface area contributed by atoms with Gasteiger partial charge in [0.05, 0.1) is 6.04 Å². The second kappa shape index (κ2) is 7.14. The minimum atomic E-state index is -0.676. The van der Waals surface area contributed by atoms with Crippen molar-refractivity contribution in [2.24, 2.45) is 11.7 Å². The first-order valence-corrected chi connectivity index (χ1v) is 6.92. The molecular weight excluding hydrogens is 256 g/mol. The summed E-state index contributed by atoms with van der Waals surface area (Å²) in [5, 5.41) is 21.5. The number of nitrogens with two attached hydrogens (primary N) is 1. The van der Waals surface area contributed by atoms with Crippen LogP contribution in [0.5, 0.6) is 11.5 Å². The minimum absolute atomic E-state index is 0.0757. The van der Waals surface area contributed by atoms with Crippen LogP contribution in [0.15, 0.2) is 18.2 Å². The molecule has 1 aromatic rings. The predicted molar refractivity (Wildman–Crippen MR) is 78.5 cm³/mol. The highest BCUT2D eigenvalue weighted by molar-refractivity contribution is 5.82. The Morgan fingerprint density at radius 1 is 1.30 bits per heavy atom. The summed E-state index contributed by atoms with van der Waals surface area (Å²) < 4.78 is 0. The molecule has 0 spiro atoms. The number of aromatic hydroxyl groups is 2. The van der Waals surface area contributed by atoms with Crippen molar-refractivity contribution < 1.29 is 15.0 Å². The summed E-state index contributed by atoms with van der Waals surface area (Å²) in [6.45, 7) is 6.12. The first-order valence-electron chi connectivity index (χ1n) is 6.92. The average Bonchev–Trinajstić information content (AvgIpc) is 2.41. The molecule has 5 N–H and O–H groups in total. The van der Waals surface area contributed by atoms with E-state index in [1.165, 1.54) is 12.1 Å². The van der Waals surface area contributed by atoms with Crippen LogP contribution < -0.4 is 11.1 Å². The van der Waals surface area contributed by atoms with Gasteiger partial charge in [0, 0.05) is 6.04 Å². The topological polar surface area (TPSA) is 95.6 Å². The number of rotatable bonds is 6. The summed E-state index contributed by atoms with van der Waals surface area (Å²) in [7, 11) is 0. The Kier molecular flexibility index (Phi) is 5.82. The molecule has 3 atom stereocenters. The Morgan fingerprint density at radius 2 is 1.95 bits per heavy atom. The van der Waals surface area contributed by atoms with Gasteiger partial charge in [-0.1, -0.05) is 26.3 Å². The van der Waals surface area contributed by atoms with E-state index in [2.05, 4.69) is 19.2 Å². The molecule has 0 aliphatic heterocycles. The van der Waals surface area contributed by atoms with Crippen molar-refractivity contribution in [1.29, 1.82) is 0 Å². The van der Waals surface area contributed by atoms with Gasteiger partial charge in [0.25, 0.3) is 0 Å². The fourth-order valence-electron chi connectivity index (χ4n) is 1.87. The van der Waals surface area contributed by atoms with E-state index in [1.807, 2.05) is 6.92 Å². The Hall–Kier alpha value is -1.75. The third-order valence-corrected chi connectivity index (χ3v) is 3.70. The highest BCUT2D eigenvalue weighted by Crippen LogP contribution is 2.25. The van der Waals surface area contributed by atoms with E-state index >= 15 is 0 Å². The number of hydrogen-bond donors (Lipinski definition) is 4. The van der Waals surface area contributed by atoms with Crippen molar-refractivity contribution in [3.63, 3.8) is 0 Å². The Balaban J connectivity index is 2.59. The summed E-state index contributed by atoms with van der Waals surface area (Å²) in [5.41, 5.74) is 6.58. The molecule has 0 radical (unpaired) electrons. The molecule has 0 saturated heterocycles. The number of amides is 1. The van der Waals surface area contributed by atoms with Gasteiger partial charge in [0.15, 0.2) is 11.5 Å². The lowest BCUT2D eigenvalue weighted by molar-refractivity contribution is -0.123. The Morgan fingerprint density at radius 3 is 2.50 bits per heavy atom. The van der Waals surface area contributed by atoms with Gasteiger partial charge in [-0.3, -0.25) is 4.79 Å². The van der Waals surface area contributed by atoms with E-state index in [9.17, 15) is 15.0 Å². The number of hydrogen-bond acceptors (Lipinski definition) is 4. The molecule has 0 bridgehead atoms. The van der Waals surface area contributed by atoms with Gasteiger partial charge in [0.2, 0.25) is 5.91 Å². The number of phenols is 2. The highest BCUT2D eigenvalue weighted by atomic mass is 16.3. The van der Waals surface area contributed by atoms with E-state index in [1.54, 1.807) is 6.07 Å². The molecule has 0 aromatic heterocycles. The van der Waals surface area contributed by atoms with Crippen molar-refractivity contribution in [3.8, 4) is 11.5 Å². The third kappa shape index (κ3) is 4.42. The second-order valence-electron chi connectivity index (χ2n) is 5.32. The summed E-state index contributed by atoms with van der Waals surface area (Å²) in [6.07, 6.45) is 1.30. The Bertz CT molecular complexity index is 462. The predicted octanol–water partition coefficient (Wildman–Crippen LogP) is 1.52. The molecule has 1 rings (SSSR count). The van der Waals surface area contributed by atoms with Gasteiger partial charge < -0.3 is 21.3 Å². The van der Waals surface area contributed by atoms with E-state index in [0.717, 1.165) is 6.42 Å². The van der Waals surface area contributed by atoms with E-state index in [4.69, 9.17) is 5.73 Å². The van der Waals surface area contributed by atoms with Crippen molar-refractivity contribution in [2.45, 2.75) is 45.7 Å². The summed E-state index contributed by atoms with van der Waals surface area (Å²) in [6, 6.07) is 3.84. The molecule has 20 heavy (non-hydrogen) atoms. The van der Waals surface area contributed by atoms with Gasteiger partial charge in [-0.15, -0.1) is 0 Å². The molecule has 112 valence electrons. The van der Waals surface area contributed by atoms with Gasteiger partial charge in [-0.05, 0) is 37.0 Å². The molecule has 2 unspecified atom stereocenters. The molecule has 0 aliphatic carbocycles. The molecular formula is C15H24N2O3. The fraction of sp³-hybridized carbons (Fsp3) is 0.533. The zero-order chi connectivity index (χ0) is 15.3. The maximum atomic E-state index is 12.0. The maximum absolute atomic E-state index is 12.0. The lowest BCUT2D eigenvalue weighted by Crippen LogP contribution is -2.47. The lowest BCUT2D eigenvalue weighted by atomic mass is 9.99. The van der Waals surface area contributed by atoms with Crippen LogP contribution in [0.2, 0.25) is 0 Å². The van der Waals surface area contributed by atoms with Gasteiger partial charge in [-0.25, -0.2) is 0 Å². The molecule has 0 heterocycles. The molecule has 5 nitrogen and oxygen atoms in total. The van der Waals surface area contributed by atoms with Crippen molar-refractivity contribution in [1.82, 2.24) is 5.32 Å². The monoisotopic (exact) mass is 280 g/mol. The van der Waals surface area contributed by atoms with Crippen LogP contribution in [0.4, 0.5) is 0 Å². The largest absolute Gasteiger partial charge is 0.504 e. The summed E-state index contributed by atoms with van der Waals surface area (Å²) in [5.74, 6) is -0.200. The lowest BCUT2D eigenvalue weighted by Gasteiger charge is -2.22. The normalized spacial score (nSPS) is 15.4. The standard InChI is InChI=1S/C15H24N2O3/c1-4-9(2)10(3)17-15(20)12(16)7-11-5-6-13(18)14(19)8-11/h5-6,8-10,12,18-19H,4,7,16H2,1-3H3,(H,17,20)/t9?,10?,12-/m0/s1.